The standard InChI is InChI=1S/C5H12.C3H6O4P2.C3H6O4S/c1-4-5(2)3;4-3(7-8)1-2-9(5)6;1-3-2-6-8(4,5)7-3/h5H,4H2,1-3H3;1-2,8H2;3H,2H2,1H3. The van der Waals surface area contributed by atoms with E-state index in [9.17, 15) is 22.3 Å². The van der Waals surface area contributed by atoms with Crippen LogP contribution in [0.25, 0.3) is 0 Å². The molecule has 1 rings (SSSR count). The van der Waals surface area contributed by atoms with E-state index in [1.54, 1.807) is 16.4 Å². The lowest BCUT2D eigenvalue weighted by molar-refractivity contribution is -0.132. The molecule has 0 aromatic rings. The zero-order valence-corrected chi connectivity index (χ0v) is 16.0. The first-order valence-corrected chi connectivity index (χ1v) is 9.79. The van der Waals surface area contributed by atoms with Gasteiger partial charge in [0.15, 0.2) is 0 Å². The van der Waals surface area contributed by atoms with Gasteiger partial charge in [-0.25, -0.2) is 17.5 Å². The second-order valence-electron chi connectivity index (χ2n) is 4.70. The monoisotopic (exact) mass is 378 g/mol. The van der Waals surface area contributed by atoms with E-state index >= 15 is 0 Å². The summed E-state index contributed by atoms with van der Waals surface area (Å²) in [6.07, 6.45) is 0.783. The van der Waals surface area contributed by atoms with Crippen LogP contribution in [-0.2, 0) is 37.2 Å². The molecule has 8 nitrogen and oxygen atoms in total. The summed E-state index contributed by atoms with van der Waals surface area (Å²) in [5, 5.41) is 0. The maximum atomic E-state index is 10.2. The molecule has 0 N–H and O–H groups in total. The molecule has 0 aromatic carbocycles. The normalized spacial score (nSPS) is 18.5. The number of hydrogen-bond acceptors (Lipinski definition) is 8. The van der Waals surface area contributed by atoms with E-state index in [-0.39, 0.29) is 25.3 Å². The summed E-state index contributed by atoms with van der Waals surface area (Å²) >= 11 is 0. The first-order chi connectivity index (χ1) is 10.0. The third kappa shape index (κ3) is 17.7. The average molecular weight is 378 g/mol. The highest BCUT2D eigenvalue weighted by molar-refractivity contribution is 7.82. The Bertz CT molecular complexity index is 464. The average Bonchev–Trinajstić information content (AvgIpc) is 2.74. The quantitative estimate of drug-likeness (QED) is 0.686. The molecule has 11 heteroatoms. The molecule has 1 heterocycles. The van der Waals surface area contributed by atoms with E-state index in [1.807, 2.05) is 0 Å². The lowest BCUT2D eigenvalue weighted by Crippen LogP contribution is -2.02. The van der Waals surface area contributed by atoms with Crippen molar-refractivity contribution in [1.29, 1.82) is 0 Å². The Balaban J connectivity index is 0. The molecular formula is C11H24O8P2S. The van der Waals surface area contributed by atoms with Gasteiger partial charge in [-0.3, -0.25) is 4.79 Å². The van der Waals surface area contributed by atoms with Crippen molar-refractivity contribution in [2.24, 2.45) is 5.92 Å². The van der Waals surface area contributed by atoms with Crippen molar-refractivity contribution >= 4 is 33.5 Å². The van der Waals surface area contributed by atoms with Crippen molar-refractivity contribution in [2.45, 2.75) is 46.6 Å². The van der Waals surface area contributed by atoms with Gasteiger partial charge in [0, 0.05) is 0 Å². The second kappa shape index (κ2) is 13.1. The zero-order valence-electron chi connectivity index (χ0n) is 13.2. The molecule has 1 aliphatic heterocycles. The van der Waals surface area contributed by atoms with Crippen LogP contribution in [0.2, 0.25) is 0 Å². The van der Waals surface area contributed by atoms with Gasteiger partial charge in [-0.15, -0.1) is 0 Å². The van der Waals surface area contributed by atoms with Crippen LogP contribution in [-0.4, -0.2) is 33.3 Å². The van der Waals surface area contributed by atoms with E-state index in [0.717, 1.165) is 5.92 Å². The van der Waals surface area contributed by atoms with Crippen molar-refractivity contribution in [3.63, 3.8) is 0 Å². The SMILES string of the molecule is CC1COS(=O)(=O)O1.CCC(C)C.O=C(CCP(=O)=O)OP. The maximum Gasteiger partial charge on any atom is 0.400 e. The largest absolute Gasteiger partial charge is 0.451 e. The second-order valence-corrected chi connectivity index (χ2v) is 7.29. The van der Waals surface area contributed by atoms with Gasteiger partial charge < -0.3 is 4.52 Å². The van der Waals surface area contributed by atoms with Gasteiger partial charge in [0.25, 0.3) is 0 Å². The third-order valence-electron chi connectivity index (χ3n) is 2.18. The van der Waals surface area contributed by atoms with Crippen LogP contribution in [0, 0.1) is 5.92 Å². The van der Waals surface area contributed by atoms with Gasteiger partial charge >= 0.3 is 24.0 Å². The van der Waals surface area contributed by atoms with Crippen molar-refractivity contribution in [3.05, 3.63) is 0 Å². The Morgan fingerprint density at radius 1 is 1.41 bits per heavy atom. The van der Waals surface area contributed by atoms with Gasteiger partial charge in [0.1, 0.15) is 6.10 Å². The maximum absolute atomic E-state index is 10.2. The highest BCUT2D eigenvalue weighted by atomic mass is 32.3. The third-order valence-corrected chi connectivity index (χ3v) is 4.02. The number of hydrogen-bond donors (Lipinski definition) is 0. The van der Waals surface area contributed by atoms with Crippen LogP contribution in [0.1, 0.15) is 40.5 Å². The highest BCUT2D eigenvalue weighted by Crippen LogP contribution is 2.10. The fraction of sp³-hybridized carbons (Fsp3) is 0.909. The van der Waals surface area contributed by atoms with E-state index in [2.05, 4.69) is 33.7 Å². The molecule has 0 amide bonds. The minimum absolute atomic E-state index is 0.0673. The molecule has 0 radical (unpaired) electrons. The van der Waals surface area contributed by atoms with Crippen LogP contribution in [0.5, 0.6) is 0 Å². The van der Waals surface area contributed by atoms with Gasteiger partial charge in [-0.05, 0) is 12.8 Å². The van der Waals surface area contributed by atoms with Crippen molar-refractivity contribution < 1.29 is 35.2 Å². The summed E-state index contributed by atoms with van der Waals surface area (Å²) < 4.78 is 52.7. The Morgan fingerprint density at radius 3 is 2.09 bits per heavy atom. The Morgan fingerprint density at radius 2 is 1.91 bits per heavy atom. The van der Waals surface area contributed by atoms with Gasteiger partial charge in [-0.1, -0.05) is 27.2 Å². The predicted octanol–water partition coefficient (Wildman–Crippen LogP) is 2.60. The first kappa shape index (κ1) is 23.9. The molecule has 0 bridgehead atoms. The van der Waals surface area contributed by atoms with Crippen LogP contribution >= 0.6 is 17.1 Å². The molecule has 2 unspecified atom stereocenters. The fourth-order valence-corrected chi connectivity index (χ4v) is 2.03. The predicted molar refractivity (Wildman–Crippen MR) is 84.1 cm³/mol. The zero-order chi connectivity index (χ0) is 17.8. The molecule has 132 valence electrons. The van der Waals surface area contributed by atoms with Crippen LogP contribution in [0.15, 0.2) is 0 Å². The van der Waals surface area contributed by atoms with E-state index < -0.39 is 24.0 Å². The minimum atomic E-state index is -3.60. The van der Waals surface area contributed by atoms with E-state index in [4.69, 9.17) is 0 Å². The summed E-state index contributed by atoms with van der Waals surface area (Å²) in [6, 6.07) is 0. The molecule has 0 aromatic heterocycles. The van der Waals surface area contributed by atoms with E-state index in [1.165, 1.54) is 6.42 Å². The molecule has 2 atom stereocenters. The summed E-state index contributed by atoms with van der Waals surface area (Å²) in [4.78, 5) is 10.2. The molecule has 0 spiro atoms. The van der Waals surface area contributed by atoms with Gasteiger partial charge in [-0.2, -0.15) is 8.42 Å². The molecule has 1 aliphatic rings. The lowest BCUT2D eigenvalue weighted by Gasteiger charge is -1.90. The topological polar surface area (TPSA) is 113 Å². The highest BCUT2D eigenvalue weighted by Gasteiger charge is 2.25. The molecule has 1 saturated heterocycles. The molecule has 22 heavy (non-hydrogen) atoms. The number of carbonyl (C=O) groups excluding carboxylic acids is 1. The molecule has 0 saturated carbocycles. The molecule has 0 aliphatic carbocycles. The number of carbonyl (C=O) groups is 1. The van der Waals surface area contributed by atoms with Crippen LogP contribution < -0.4 is 0 Å². The summed E-state index contributed by atoms with van der Waals surface area (Å²) in [5.74, 6) is 0.356. The Labute approximate surface area is 134 Å². The Kier molecular flexibility index (Phi) is 14.3. The number of rotatable bonds is 4. The van der Waals surface area contributed by atoms with Crippen LogP contribution in [0.4, 0.5) is 0 Å². The first-order valence-electron chi connectivity index (χ1n) is 6.63. The summed E-state index contributed by atoms with van der Waals surface area (Å²) in [5.41, 5.74) is 0. The fourth-order valence-electron chi connectivity index (χ4n) is 0.677. The van der Waals surface area contributed by atoms with E-state index in [0.29, 0.717) is 0 Å². The van der Waals surface area contributed by atoms with Crippen molar-refractivity contribution in [2.75, 3.05) is 12.8 Å². The van der Waals surface area contributed by atoms with Crippen LogP contribution in [0.3, 0.4) is 0 Å². The smallest absolute Gasteiger partial charge is 0.400 e. The minimum Gasteiger partial charge on any atom is -0.451 e. The summed E-state index contributed by atoms with van der Waals surface area (Å²) in [6.45, 7) is 8.41. The molecular weight excluding hydrogens is 354 g/mol. The lowest BCUT2D eigenvalue weighted by atomic mass is 10.2. The van der Waals surface area contributed by atoms with Gasteiger partial charge in [0.2, 0.25) is 0 Å². The van der Waals surface area contributed by atoms with Crippen molar-refractivity contribution in [3.8, 4) is 0 Å². The Hall–Kier alpha value is -0.330. The molecule has 1 fully saturated rings. The van der Waals surface area contributed by atoms with Gasteiger partial charge in [0.05, 0.1) is 28.7 Å². The van der Waals surface area contributed by atoms with Crippen molar-refractivity contribution in [1.82, 2.24) is 0 Å². The summed E-state index contributed by atoms with van der Waals surface area (Å²) in [7, 11) is -4.29.